The number of rotatable bonds is 6. The second-order valence-corrected chi connectivity index (χ2v) is 10.6. The van der Waals surface area contributed by atoms with Gasteiger partial charge in [0, 0.05) is 12.4 Å². The Morgan fingerprint density at radius 2 is 1.78 bits per heavy atom. The maximum atomic E-state index is 13.1. The van der Waals surface area contributed by atoms with E-state index in [2.05, 4.69) is 21.6 Å². The van der Waals surface area contributed by atoms with Gasteiger partial charge in [0.25, 0.3) is 10.0 Å². The van der Waals surface area contributed by atoms with Crippen molar-refractivity contribution in [2.45, 2.75) is 30.4 Å². The van der Waals surface area contributed by atoms with E-state index in [4.69, 9.17) is 4.74 Å². The molecule has 1 aromatic carbocycles. The Morgan fingerprint density at radius 3 is 2.62 bits per heavy atom. The fourth-order valence-electron chi connectivity index (χ4n) is 3.91. The first-order chi connectivity index (χ1) is 15.5. The van der Waals surface area contributed by atoms with Crippen molar-refractivity contribution in [2.75, 3.05) is 4.72 Å². The maximum Gasteiger partial charge on any atom is 0.271 e. The summed E-state index contributed by atoms with van der Waals surface area (Å²) in [6.45, 7) is 2.11. The van der Waals surface area contributed by atoms with Crippen LogP contribution in [0.4, 0.5) is 5.69 Å². The molecule has 0 aliphatic heterocycles. The second-order valence-electron chi connectivity index (χ2n) is 7.59. The lowest BCUT2D eigenvalue weighted by Crippen LogP contribution is -2.12. The maximum absolute atomic E-state index is 13.1. The van der Waals surface area contributed by atoms with Crippen LogP contribution in [0.5, 0.6) is 11.6 Å². The number of hydrogen-bond donors (Lipinski definition) is 1. The first-order valence-corrected chi connectivity index (χ1v) is 12.6. The molecular weight excluding hydrogens is 442 g/mol. The zero-order chi connectivity index (χ0) is 22.1. The summed E-state index contributed by atoms with van der Waals surface area (Å²) in [6.07, 6.45) is 6.35. The number of sulfonamides is 1. The fraction of sp³-hybridized carbons (Fsp3) is 0.167. The van der Waals surface area contributed by atoms with Gasteiger partial charge in [-0.15, -0.1) is 11.3 Å². The van der Waals surface area contributed by atoms with E-state index in [9.17, 15) is 8.42 Å². The van der Waals surface area contributed by atoms with E-state index >= 15 is 0 Å². The van der Waals surface area contributed by atoms with Crippen molar-refractivity contribution in [3.63, 3.8) is 0 Å². The third-order valence-electron chi connectivity index (χ3n) is 5.46. The largest absolute Gasteiger partial charge is 0.437 e. The molecule has 162 valence electrons. The van der Waals surface area contributed by atoms with E-state index in [1.807, 2.05) is 30.3 Å². The number of fused-ring (bicyclic) bond motifs is 1. The predicted octanol–water partition coefficient (Wildman–Crippen LogP) is 5.60. The average molecular weight is 464 g/mol. The molecule has 32 heavy (non-hydrogen) atoms. The molecule has 0 spiro atoms. The molecule has 1 aliphatic rings. The van der Waals surface area contributed by atoms with Crippen molar-refractivity contribution in [2.24, 2.45) is 0 Å². The molecule has 0 fully saturated rings. The highest BCUT2D eigenvalue weighted by atomic mass is 32.2. The van der Waals surface area contributed by atoms with Gasteiger partial charge in [-0.2, -0.15) is 0 Å². The Kier molecular flexibility index (Phi) is 5.40. The number of aryl methyl sites for hydroxylation is 1. The van der Waals surface area contributed by atoms with Crippen LogP contribution in [0.3, 0.4) is 0 Å². The summed E-state index contributed by atoms with van der Waals surface area (Å²) in [5.41, 5.74) is 4.79. The fourth-order valence-corrected chi connectivity index (χ4v) is 6.25. The van der Waals surface area contributed by atoms with Gasteiger partial charge < -0.3 is 4.74 Å². The van der Waals surface area contributed by atoms with Crippen LogP contribution < -0.4 is 9.46 Å². The summed E-state index contributed by atoms with van der Waals surface area (Å²) >= 11 is 1.17. The smallest absolute Gasteiger partial charge is 0.271 e. The zero-order valence-corrected chi connectivity index (χ0v) is 19.0. The van der Waals surface area contributed by atoms with Crippen LogP contribution in [-0.4, -0.2) is 18.4 Å². The first-order valence-electron chi connectivity index (χ1n) is 10.3. The number of benzene rings is 1. The van der Waals surface area contributed by atoms with Gasteiger partial charge in [0.1, 0.15) is 15.6 Å². The monoisotopic (exact) mass is 463 g/mol. The molecule has 1 aliphatic carbocycles. The minimum Gasteiger partial charge on any atom is -0.437 e. The van der Waals surface area contributed by atoms with Crippen molar-refractivity contribution in [3.05, 3.63) is 83.7 Å². The molecular formula is C24H21N3O3S2. The van der Waals surface area contributed by atoms with Gasteiger partial charge in [0.05, 0.1) is 10.6 Å². The van der Waals surface area contributed by atoms with Gasteiger partial charge in [-0.1, -0.05) is 12.1 Å². The van der Waals surface area contributed by atoms with Crippen LogP contribution >= 0.6 is 11.3 Å². The van der Waals surface area contributed by atoms with E-state index in [0.717, 1.165) is 35.6 Å². The van der Waals surface area contributed by atoms with Crippen molar-refractivity contribution >= 4 is 27.0 Å². The molecule has 0 saturated carbocycles. The van der Waals surface area contributed by atoms with Gasteiger partial charge in [-0.05, 0) is 85.3 Å². The van der Waals surface area contributed by atoms with E-state index in [1.54, 1.807) is 36.7 Å². The zero-order valence-electron chi connectivity index (χ0n) is 17.4. The molecule has 0 atom stereocenters. The summed E-state index contributed by atoms with van der Waals surface area (Å²) in [5, 5.41) is 0. The molecule has 8 heteroatoms. The number of hydrogen-bond acceptors (Lipinski definition) is 6. The molecule has 0 unspecified atom stereocenters. The number of aromatic nitrogens is 2. The minimum absolute atomic E-state index is 0.198. The molecule has 0 radical (unpaired) electrons. The predicted molar refractivity (Wildman–Crippen MR) is 126 cm³/mol. The topological polar surface area (TPSA) is 81.2 Å². The van der Waals surface area contributed by atoms with Crippen molar-refractivity contribution in [1.29, 1.82) is 0 Å². The van der Waals surface area contributed by atoms with Crippen LogP contribution in [0.1, 0.15) is 23.1 Å². The van der Waals surface area contributed by atoms with Crippen LogP contribution in [0.25, 0.3) is 10.6 Å². The number of anilines is 1. The SMILES string of the molecule is Cc1ccc(Oc2ncccc2NS(=O)(=O)c2ccc(-c3ccccn3)s2)c2c1CCC2. The van der Waals surface area contributed by atoms with Crippen LogP contribution in [0.2, 0.25) is 0 Å². The average Bonchev–Trinajstić information content (AvgIpc) is 3.48. The minimum atomic E-state index is -3.81. The Morgan fingerprint density at radius 1 is 0.938 bits per heavy atom. The molecule has 0 amide bonds. The summed E-state index contributed by atoms with van der Waals surface area (Å²) in [4.78, 5) is 9.37. The number of pyridine rings is 2. The molecule has 4 aromatic rings. The standard InChI is InChI=1S/C24H21N3O3S2/c1-16-10-11-21(18-7-4-6-17(16)18)30-24-20(9-5-15-26-24)27-32(28,29)23-13-12-22(31-23)19-8-2-3-14-25-19/h2-3,5,8-15,27H,4,6-7H2,1H3. The quantitative estimate of drug-likeness (QED) is 0.403. The molecule has 1 N–H and O–H groups in total. The molecule has 5 rings (SSSR count). The lowest BCUT2D eigenvalue weighted by molar-refractivity contribution is 0.460. The Bertz CT molecular complexity index is 1380. The number of thiophene rings is 1. The van der Waals surface area contributed by atoms with Crippen LogP contribution in [0, 0.1) is 6.92 Å². The highest BCUT2D eigenvalue weighted by molar-refractivity contribution is 7.94. The molecule has 0 bridgehead atoms. The Labute approximate surface area is 191 Å². The van der Waals surface area contributed by atoms with Gasteiger partial charge in [-0.3, -0.25) is 9.71 Å². The van der Waals surface area contributed by atoms with Crippen LogP contribution in [-0.2, 0) is 22.9 Å². The van der Waals surface area contributed by atoms with E-state index in [0.29, 0.717) is 5.69 Å². The molecule has 3 heterocycles. The number of nitrogens with zero attached hydrogens (tertiary/aromatic N) is 2. The lowest BCUT2D eigenvalue weighted by Gasteiger charge is -2.14. The highest BCUT2D eigenvalue weighted by Gasteiger charge is 2.22. The van der Waals surface area contributed by atoms with Crippen molar-refractivity contribution < 1.29 is 13.2 Å². The van der Waals surface area contributed by atoms with Crippen molar-refractivity contribution in [3.8, 4) is 22.2 Å². The first kappa shape index (κ1) is 20.7. The number of ether oxygens (including phenoxy) is 1. The second kappa shape index (κ2) is 8.37. The van der Waals surface area contributed by atoms with E-state index in [-0.39, 0.29) is 10.1 Å². The Hall–Kier alpha value is -3.23. The summed E-state index contributed by atoms with van der Waals surface area (Å²) in [5.74, 6) is 0.964. The normalized spacial score (nSPS) is 13.0. The summed E-state index contributed by atoms with van der Waals surface area (Å²) in [7, 11) is -3.81. The van der Waals surface area contributed by atoms with Gasteiger partial charge in [0.15, 0.2) is 0 Å². The molecule has 3 aromatic heterocycles. The van der Waals surface area contributed by atoms with Crippen LogP contribution in [0.15, 0.2) is 71.2 Å². The third kappa shape index (κ3) is 3.99. The molecule has 6 nitrogen and oxygen atoms in total. The lowest BCUT2D eigenvalue weighted by atomic mass is 10.0. The van der Waals surface area contributed by atoms with E-state index < -0.39 is 10.0 Å². The third-order valence-corrected chi connectivity index (χ3v) is 8.43. The molecule has 0 saturated heterocycles. The highest BCUT2D eigenvalue weighted by Crippen LogP contribution is 2.38. The van der Waals surface area contributed by atoms with Crippen molar-refractivity contribution in [1.82, 2.24) is 9.97 Å². The summed E-state index contributed by atoms with van der Waals surface area (Å²) in [6, 6.07) is 16.2. The van der Waals surface area contributed by atoms with Gasteiger partial charge >= 0.3 is 0 Å². The summed E-state index contributed by atoms with van der Waals surface area (Å²) < 4.78 is 35.1. The van der Waals surface area contributed by atoms with Gasteiger partial charge in [-0.25, -0.2) is 13.4 Å². The van der Waals surface area contributed by atoms with E-state index in [1.165, 1.54) is 28.0 Å². The number of nitrogens with one attached hydrogen (secondary N) is 1. The Balaban J connectivity index is 1.43. The van der Waals surface area contributed by atoms with Gasteiger partial charge in [0.2, 0.25) is 5.88 Å².